The number of halogens is 1. The number of amides is 1. The highest BCUT2D eigenvalue weighted by atomic mass is 35.5. The highest BCUT2D eigenvalue weighted by Crippen LogP contribution is 2.24. The lowest BCUT2D eigenvalue weighted by molar-refractivity contribution is 0.0754. The number of benzene rings is 1. The zero-order valence-electron chi connectivity index (χ0n) is 8.99. The molecule has 1 aromatic rings. The van der Waals surface area contributed by atoms with Crippen molar-refractivity contribution in [3.05, 3.63) is 28.8 Å². The summed E-state index contributed by atoms with van der Waals surface area (Å²) in [4.78, 5) is 13.4. The van der Waals surface area contributed by atoms with E-state index >= 15 is 0 Å². The predicted molar refractivity (Wildman–Crippen MR) is 60.3 cm³/mol. The van der Waals surface area contributed by atoms with Crippen molar-refractivity contribution in [2.75, 3.05) is 7.05 Å². The molecule has 0 aliphatic heterocycles. The fourth-order valence-corrected chi connectivity index (χ4v) is 1.20. The average Bonchev–Trinajstić information content (AvgIpc) is 2.19. The molecule has 0 spiro atoms. The van der Waals surface area contributed by atoms with E-state index in [1.807, 2.05) is 13.8 Å². The number of hydrogen-bond donors (Lipinski definition) is 1. The van der Waals surface area contributed by atoms with E-state index in [0.717, 1.165) is 0 Å². The van der Waals surface area contributed by atoms with Crippen LogP contribution in [0, 0.1) is 0 Å². The minimum atomic E-state index is -0.128. The van der Waals surface area contributed by atoms with Crippen molar-refractivity contribution in [2.24, 2.45) is 0 Å². The SMILES string of the molecule is CC(C)N(C)C(=O)c1ccc(Cl)c(O)c1. The molecule has 0 aliphatic rings. The van der Waals surface area contributed by atoms with Gasteiger partial charge < -0.3 is 10.0 Å². The fourth-order valence-electron chi connectivity index (χ4n) is 1.08. The van der Waals surface area contributed by atoms with Crippen molar-refractivity contribution < 1.29 is 9.90 Å². The van der Waals surface area contributed by atoms with Crippen molar-refractivity contribution in [2.45, 2.75) is 19.9 Å². The van der Waals surface area contributed by atoms with Crippen LogP contribution in [0.15, 0.2) is 18.2 Å². The minimum Gasteiger partial charge on any atom is -0.506 e. The third-order valence-electron chi connectivity index (χ3n) is 2.29. The van der Waals surface area contributed by atoms with Crippen LogP contribution >= 0.6 is 11.6 Å². The Morgan fingerprint density at radius 1 is 1.47 bits per heavy atom. The van der Waals surface area contributed by atoms with Crippen LogP contribution in [0.25, 0.3) is 0 Å². The van der Waals surface area contributed by atoms with Crippen LogP contribution < -0.4 is 0 Å². The molecule has 3 nitrogen and oxygen atoms in total. The zero-order chi connectivity index (χ0) is 11.6. The van der Waals surface area contributed by atoms with Gasteiger partial charge in [-0.25, -0.2) is 0 Å². The number of carbonyl (C=O) groups is 1. The molecule has 0 aromatic heterocycles. The molecule has 1 rings (SSSR count). The van der Waals surface area contributed by atoms with Crippen molar-refractivity contribution in [1.82, 2.24) is 4.90 Å². The van der Waals surface area contributed by atoms with E-state index in [-0.39, 0.29) is 22.7 Å². The average molecular weight is 228 g/mol. The zero-order valence-corrected chi connectivity index (χ0v) is 9.75. The molecule has 1 amide bonds. The van der Waals surface area contributed by atoms with Gasteiger partial charge in [0, 0.05) is 18.7 Å². The molecule has 0 unspecified atom stereocenters. The number of aromatic hydroxyl groups is 1. The van der Waals surface area contributed by atoms with Gasteiger partial charge in [-0.2, -0.15) is 0 Å². The molecule has 0 bridgehead atoms. The predicted octanol–water partition coefficient (Wildman–Crippen LogP) is 2.53. The van der Waals surface area contributed by atoms with Crippen LogP contribution in [0.2, 0.25) is 5.02 Å². The first kappa shape index (κ1) is 11.9. The van der Waals surface area contributed by atoms with Gasteiger partial charge in [0.2, 0.25) is 0 Å². The summed E-state index contributed by atoms with van der Waals surface area (Å²) in [5.74, 6) is -0.198. The van der Waals surface area contributed by atoms with E-state index in [2.05, 4.69) is 0 Å². The van der Waals surface area contributed by atoms with E-state index in [1.54, 1.807) is 18.0 Å². The maximum absolute atomic E-state index is 11.8. The van der Waals surface area contributed by atoms with Gasteiger partial charge in [0.25, 0.3) is 5.91 Å². The summed E-state index contributed by atoms with van der Waals surface area (Å²) in [6.07, 6.45) is 0. The van der Waals surface area contributed by atoms with Gasteiger partial charge in [0.1, 0.15) is 5.75 Å². The summed E-state index contributed by atoms with van der Waals surface area (Å²) in [7, 11) is 1.72. The van der Waals surface area contributed by atoms with E-state index in [9.17, 15) is 9.90 Å². The first-order valence-electron chi connectivity index (χ1n) is 4.69. The lowest BCUT2D eigenvalue weighted by atomic mass is 10.1. The molecule has 0 saturated heterocycles. The fraction of sp³-hybridized carbons (Fsp3) is 0.364. The second kappa shape index (κ2) is 4.53. The molecule has 0 saturated carbocycles. The molecule has 0 heterocycles. The Bertz CT molecular complexity index is 377. The normalized spacial score (nSPS) is 10.5. The summed E-state index contributed by atoms with van der Waals surface area (Å²) in [6, 6.07) is 4.61. The Labute approximate surface area is 94.3 Å². The summed E-state index contributed by atoms with van der Waals surface area (Å²) in [5.41, 5.74) is 0.438. The molecule has 82 valence electrons. The van der Waals surface area contributed by atoms with Gasteiger partial charge in [0.15, 0.2) is 0 Å². The highest BCUT2D eigenvalue weighted by Gasteiger charge is 2.15. The molecule has 1 aromatic carbocycles. The third kappa shape index (κ3) is 2.63. The molecule has 1 N–H and O–H groups in total. The van der Waals surface area contributed by atoms with Gasteiger partial charge >= 0.3 is 0 Å². The van der Waals surface area contributed by atoms with Crippen LogP contribution in [0.3, 0.4) is 0 Å². The third-order valence-corrected chi connectivity index (χ3v) is 2.61. The lowest BCUT2D eigenvalue weighted by Gasteiger charge is -2.21. The monoisotopic (exact) mass is 227 g/mol. The second-order valence-corrected chi connectivity index (χ2v) is 4.08. The molecule has 15 heavy (non-hydrogen) atoms. The molecular formula is C11H14ClNO2. The van der Waals surface area contributed by atoms with E-state index < -0.39 is 0 Å². The highest BCUT2D eigenvalue weighted by molar-refractivity contribution is 6.32. The quantitative estimate of drug-likeness (QED) is 0.844. The number of carbonyl (C=O) groups excluding carboxylic acids is 1. The maximum atomic E-state index is 11.8. The molecule has 0 atom stereocenters. The molecule has 0 aliphatic carbocycles. The smallest absolute Gasteiger partial charge is 0.253 e. The Morgan fingerprint density at radius 3 is 2.53 bits per heavy atom. The number of hydrogen-bond acceptors (Lipinski definition) is 2. The number of rotatable bonds is 2. The van der Waals surface area contributed by atoms with Crippen molar-refractivity contribution in [1.29, 1.82) is 0 Å². The standard InChI is InChI=1S/C11H14ClNO2/c1-7(2)13(3)11(15)8-4-5-9(12)10(14)6-8/h4-7,14H,1-3H3. The number of nitrogens with zero attached hydrogens (tertiary/aromatic N) is 1. The first-order valence-corrected chi connectivity index (χ1v) is 5.07. The van der Waals surface area contributed by atoms with Crippen LogP contribution in [0.4, 0.5) is 0 Å². The Balaban J connectivity index is 2.97. The van der Waals surface area contributed by atoms with Crippen LogP contribution in [-0.4, -0.2) is 29.0 Å². The largest absolute Gasteiger partial charge is 0.506 e. The molecular weight excluding hydrogens is 214 g/mol. The van der Waals surface area contributed by atoms with E-state index in [4.69, 9.17) is 11.6 Å². The summed E-state index contributed by atoms with van der Waals surface area (Å²) >= 11 is 5.65. The lowest BCUT2D eigenvalue weighted by Crippen LogP contribution is -2.32. The number of phenolic OH excluding ortho intramolecular Hbond substituents is 1. The summed E-state index contributed by atoms with van der Waals surface area (Å²) in [6.45, 7) is 3.85. The Morgan fingerprint density at radius 2 is 2.07 bits per heavy atom. The number of phenols is 1. The minimum absolute atomic E-state index is 0.0697. The van der Waals surface area contributed by atoms with Gasteiger partial charge in [-0.05, 0) is 32.0 Å². The molecule has 0 radical (unpaired) electrons. The van der Waals surface area contributed by atoms with Crippen molar-refractivity contribution in [3.8, 4) is 5.75 Å². The van der Waals surface area contributed by atoms with Gasteiger partial charge in [-0.3, -0.25) is 4.79 Å². The van der Waals surface area contributed by atoms with Crippen molar-refractivity contribution in [3.63, 3.8) is 0 Å². The van der Waals surface area contributed by atoms with Crippen LogP contribution in [0.5, 0.6) is 5.75 Å². The first-order chi connectivity index (χ1) is 6.93. The van der Waals surface area contributed by atoms with Crippen LogP contribution in [0.1, 0.15) is 24.2 Å². The molecule has 4 heteroatoms. The van der Waals surface area contributed by atoms with Gasteiger partial charge in [-0.1, -0.05) is 11.6 Å². The maximum Gasteiger partial charge on any atom is 0.253 e. The van der Waals surface area contributed by atoms with Crippen molar-refractivity contribution >= 4 is 17.5 Å². The summed E-state index contributed by atoms with van der Waals surface area (Å²) < 4.78 is 0. The van der Waals surface area contributed by atoms with Crippen LogP contribution in [-0.2, 0) is 0 Å². The topological polar surface area (TPSA) is 40.5 Å². The second-order valence-electron chi connectivity index (χ2n) is 3.68. The molecule has 0 fully saturated rings. The Kier molecular flexibility index (Phi) is 3.58. The van der Waals surface area contributed by atoms with E-state index in [0.29, 0.717) is 5.56 Å². The van der Waals surface area contributed by atoms with Gasteiger partial charge in [-0.15, -0.1) is 0 Å². The van der Waals surface area contributed by atoms with E-state index in [1.165, 1.54) is 12.1 Å². The summed E-state index contributed by atoms with van der Waals surface area (Å²) in [5, 5.41) is 9.62. The van der Waals surface area contributed by atoms with Gasteiger partial charge in [0.05, 0.1) is 5.02 Å². The Hall–Kier alpha value is -1.22.